The van der Waals surface area contributed by atoms with E-state index in [2.05, 4.69) is 10.3 Å². The van der Waals surface area contributed by atoms with Gasteiger partial charge in [0.15, 0.2) is 6.39 Å². The maximum atomic E-state index is 13.7. The molecule has 1 fully saturated rings. The van der Waals surface area contributed by atoms with Crippen LogP contribution in [0.5, 0.6) is 0 Å². The minimum absolute atomic E-state index is 0.0937. The molecule has 2 heterocycles. The van der Waals surface area contributed by atoms with Crippen molar-refractivity contribution in [1.29, 1.82) is 0 Å². The van der Waals surface area contributed by atoms with Crippen LogP contribution in [0.1, 0.15) is 44.8 Å². The summed E-state index contributed by atoms with van der Waals surface area (Å²) in [5.41, 5.74) is 5.37. The van der Waals surface area contributed by atoms with E-state index in [0.717, 1.165) is 29.5 Å². The fourth-order valence-corrected chi connectivity index (χ4v) is 4.91. The Morgan fingerprint density at radius 1 is 1.00 bits per heavy atom. The summed E-state index contributed by atoms with van der Waals surface area (Å²) < 4.78 is 25.2. The van der Waals surface area contributed by atoms with Gasteiger partial charge in [0, 0.05) is 29.6 Å². The lowest BCUT2D eigenvalue weighted by Gasteiger charge is -2.20. The van der Waals surface area contributed by atoms with E-state index in [0.29, 0.717) is 45.0 Å². The zero-order chi connectivity index (χ0) is 27.3. The Hall–Kier alpha value is -4.72. The number of furan rings is 1. The van der Waals surface area contributed by atoms with Crippen LogP contribution in [0.25, 0.3) is 33.4 Å². The number of nitrogens with zero attached hydrogens (tertiary/aromatic N) is 2. The van der Waals surface area contributed by atoms with E-state index in [1.54, 1.807) is 24.1 Å². The van der Waals surface area contributed by atoms with Gasteiger partial charge in [-0.05, 0) is 91.9 Å². The molecule has 0 aliphatic heterocycles. The van der Waals surface area contributed by atoms with Crippen LogP contribution in [0.2, 0.25) is 0 Å². The molecule has 0 unspecified atom stereocenters. The van der Waals surface area contributed by atoms with E-state index in [4.69, 9.17) is 8.83 Å². The van der Waals surface area contributed by atoms with Gasteiger partial charge in [0.2, 0.25) is 5.88 Å². The average Bonchev–Trinajstić information content (AvgIpc) is 3.58. The van der Waals surface area contributed by atoms with Crippen molar-refractivity contribution in [1.82, 2.24) is 10.3 Å². The summed E-state index contributed by atoms with van der Waals surface area (Å²) in [5, 5.41) is 3.31. The molecule has 8 heteroatoms. The van der Waals surface area contributed by atoms with E-state index in [1.807, 2.05) is 50.2 Å². The number of fused-ring (bicyclic) bond motifs is 1. The predicted molar refractivity (Wildman–Crippen MR) is 146 cm³/mol. The summed E-state index contributed by atoms with van der Waals surface area (Å²) in [7, 11) is 1.56. The Morgan fingerprint density at radius 3 is 2.41 bits per heavy atom. The standard InChI is InChI=1S/C31H26FN3O4/c1-17-4-5-21(30(37)35(23-11-12-23)31-18(2)34-16-38-31)15-24(17)20-8-13-26-25(14-20)27(29(36)33-3)28(39-26)19-6-9-22(32)10-7-19/h4-10,13-16,23H,11-12H2,1-3H3,(H,33,36). The highest BCUT2D eigenvalue weighted by atomic mass is 19.1. The van der Waals surface area contributed by atoms with Crippen molar-refractivity contribution in [3.05, 3.63) is 95.3 Å². The van der Waals surface area contributed by atoms with Crippen LogP contribution in [0.3, 0.4) is 0 Å². The SMILES string of the molecule is CNC(=O)c1c(-c2ccc(F)cc2)oc2ccc(-c3cc(C(=O)N(c4ocnc4C)C4CC4)ccc3C)cc12. The predicted octanol–water partition coefficient (Wildman–Crippen LogP) is 6.68. The number of nitrogens with one attached hydrogen (secondary N) is 1. The smallest absolute Gasteiger partial charge is 0.260 e. The first-order valence-electron chi connectivity index (χ1n) is 12.7. The third kappa shape index (κ3) is 4.37. The minimum atomic E-state index is -0.373. The molecular weight excluding hydrogens is 497 g/mol. The molecule has 2 aromatic heterocycles. The van der Waals surface area contributed by atoms with E-state index in [9.17, 15) is 14.0 Å². The fraction of sp³-hybridized carbons (Fsp3) is 0.194. The van der Waals surface area contributed by atoms with Crippen molar-refractivity contribution in [2.24, 2.45) is 0 Å². The van der Waals surface area contributed by atoms with Gasteiger partial charge in [0.05, 0.1) is 5.56 Å². The highest BCUT2D eigenvalue weighted by Crippen LogP contribution is 2.38. The van der Waals surface area contributed by atoms with Gasteiger partial charge in [0.1, 0.15) is 22.9 Å². The zero-order valence-electron chi connectivity index (χ0n) is 21.7. The molecule has 2 amide bonds. The normalized spacial score (nSPS) is 13.0. The Balaban J connectivity index is 1.45. The number of hydrogen-bond acceptors (Lipinski definition) is 5. The van der Waals surface area contributed by atoms with Gasteiger partial charge in [-0.15, -0.1) is 0 Å². The first-order chi connectivity index (χ1) is 18.9. The lowest BCUT2D eigenvalue weighted by Crippen LogP contribution is -2.33. The topological polar surface area (TPSA) is 88.6 Å². The molecule has 1 aliphatic carbocycles. The number of carbonyl (C=O) groups is 2. The molecule has 0 radical (unpaired) electrons. The molecule has 0 atom stereocenters. The number of hydrogen-bond donors (Lipinski definition) is 1. The van der Waals surface area contributed by atoms with Gasteiger partial charge in [-0.1, -0.05) is 12.1 Å². The summed E-state index contributed by atoms with van der Waals surface area (Å²) in [6, 6.07) is 17.2. The molecule has 1 saturated carbocycles. The quantitative estimate of drug-likeness (QED) is 0.268. The number of halogens is 1. The molecule has 0 spiro atoms. The van der Waals surface area contributed by atoms with Gasteiger partial charge in [-0.25, -0.2) is 9.37 Å². The molecule has 3 aromatic carbocycles. The monoisotopic (exact) mass is 523 g/mol. The number of anilines is 1. The fourth-order valence-electron chi connectivity index (χ4n) is 4.91. The Kier molecular flexibility index (Phi) is 6.02. The highest BCUT2D eigenvalue weighted by molar-refractivity contribution is 6.12. The van der Waals surface area contributed by atoms with Crippen molar-refractivity contribution in [2.45, 2.75) is 32.7 Å². The number of aromatic nitrogens is 1. The Labute approximate surface area is 224 Å². The van der Waals surface area contributed by atoms with E-state index in [1.165, 1.54) is 18.5 Å². The van der Waals surface area contributed by atoms with Crippen LogP contribution in [-0.4, -0.2) is 29.9 Å². The molecule has 196 valence electrons. The molecule has 5 aromatic rings. The van der Waals surface area contributed by atoms with Gasteiger partial charge in [-0.3, -0.25) is 14.5 Å². The van der Waals surface area contributed by atoms with Gasteiger partial charge in [0.25, 0.3) is 11.8 Å². The summed E-state index contributed by atoms with van der Waals surface area (Å²) >= 11 is 0. The van der Waals surface area contributed by atoms with Crippen LogP contribution in [0.4, 0.5) is 10.3 Å². The number of amides is 2. The summed E-state index contributed by atoms with van der Waals surface area (Å²) in [6.45, 7) is 3.80. The second kappa shape index (κ2) is 9.54. The zero-order valence-corrected chi connectivity index (χ0v) is 21.7. The maximum absolute atomic E-state index is 13.7. The van der Waals surface area contributed by atoms with Gasteiger partial charge >= 0.3 is 0 Å². The van der Waals surface area contributed by atoms with Crippen molar-refractivity contribution in [2.75, 3.05) is 11.9 Å². The first-order valence-corrected chi connectivity index (χ1v) is 12.7. The second-order valence-electron chi connectivity index (χ2n) is 9.78. The number of rotatable bonds is 6. The van der Waals surface area contributed by atoms with Gasteiger partial charge in [-0.2, -0.15) is 0 Å². The average molecular weight is 524 g/mol. The minimum Gasteiger partial charge on any atom is -0.455 e. The van der Waals surface area contributed by atoms with E-state index >= 15 is 0 Å². The Bertz CT molecular complexity index is 1730. The van der Waals surface area contributed by atoms with E-state index < -0.39 is 0 Å². The molecule has 39 heavy (non-hydrogen) atoms. The number of carbonyl (C=O) groups excluding carboxylic acids is 2. The summed E-state index contributed by atoms with van der Waals surface area (Å²) in [6.07, 6.45) is 3.19. The lowest BCUT2D eigenvalue weighted by molar-refractivity contribution is 0.0961. The highest BCUT2D eigenvalue weighted by Gasteiger charge is 2.37. The first kappa shape index (κ1) is 24.6. The third-order valence-electron chi connectivity index (χ3n) is 7.11. The van der Waals surface area contributed by atoms with Crippen LogP contribution in [0, 0.1) is 19.7 Å². The molecule has 6 rings (SSSR count). The number of aryl methyl sites for hydroxylation is 2. The number of benzene rings is 3. The molecule has 1 N–H and O–H groups in total. The largest absolute Gasteiger partial charge is 0.455 e. The molecule has 0 saturated heterocycles. The van der Waals surface area contributed by atoms with Crippen LogP contribution in [0.15, 0.2) is 75.9 Å². The van der Waals surface area contributed by atoms with Crippen molar-refractivity contribution in [3.63, 3.8) is 0 Å². The second-order valence-corrected chi connectivity index (χ2v) is 9.78. The molecular formula is C31H26FN3O4. The van der Waals surface area contributed by atoms with Crippen molar-refractivity contribution in [3.8, 4) is 22.5 Å². The van der Waals surface area contributed by atoms with Gasteiger partial charge < -0.3 is 14.2 Å². The third-order valence-corrected chi connectivity index (χ3v) is 7.11. The lowest BCUT2D eigenvalue weighted by atomic mass is 9.95. The van der Waals surface area contributed by atoms with Crippen molar-refractivity contribution >= 4 is 28.7 Å². The van der Waals surface area contributed by atoms with Crippen LogP contribution < -0.4 is 10.2 Å². The summed E-state index contributed by atoms with van der Waals surface area (Å²) in [4.78, 5) is 32.5. The van der Waals surface area contributed by atoms with Crippen LogP contribution >= 0.6 is 0 Å². The van der Waals surface area contributed by atoms with E-state index in [-0.39, 0.29) is 23.7 Å². The van der Waals surface area contributed by atoms with Crippen LogP contribution in [-0.2, 0) is 0 Å². The summed E-state index contributed by atoms with van der Waals surface area (Å²) in [5.74, 6) is 0.0147. The number of oxazole rings is 1. The molecule has 0 bridgehead atoms. The molecule has 1 aliphatic rings. The van der Waals surface area contributed by atoms with Crippen molar-refractivity contribution < 1.29 is 22.8 Å². The Morgan fingerprint density at radius 2 is 1.74 bits per heavy atom. The molecule has 7 nitrogen and oxygen atoms in total. The maximum Gasteiger partial charge on any atom is 0.260 e.